The second-order valence-corrected chi connectivity index (χ2v) is 9.23. The number of nitrogens with zero attached hydrogens (tertiary/aromatic N) is 3. The molecule has 1 aromatic heterocycles. The molecule has 1 amide bonds. The number of hydrogen-bond donors (Lipinski definition) is 2. The normalized spacial score (nSPS) is 21.7. The Balaban J connectivity index is 1.27. The number of nitrogens with one attached hydrogen (secondary N) is 2. The molecule has 0 radical (unpaired) electrons. The first kappa shape index (κ1) is 20.4. The van der Waals surface area contributed by atoms with E-state index in [0.717, 1.165) is 55.4 Å². The van der Waals surface area contributed by atoms with E-state index >= 15 is 0 Å². The molecule has 2 aromatic rings. The van der Waals surface area contributed by atoms with E-state index in [1.165, 1.54) is 43.2 Å². The van der Waals surface area contributed by atoms with Crippen molar-refractivity contribution in [3.05, 3.63) is 52.5 Å². The van der Waals surface area contributed by atoms with Crippen molar-refractivity contribution < 1.29 is 4.79 Å². The number of carbonyl (C=O) groups excluding carboxylic acids is 1. The highest BCUT2D eigenvalue weighted by atomic mass is 16.2. The van der Waals surface area contributed by atoms with Crippen molar-refractivity contribution in [2.45, 2.75) is 63.3 Å². The van der Waals surface area contributed by atoms with Gasteiger partial charge in [0.2, 0.25) is 0 Å². The van der Waals surface area contributed by atoms with Gasteiger partial charge in [0.15, 0.2) is 0 Å². The summed E-state index contributed by atoms with van der Waals surface area (Å²) < 4.78 is 0. The number of fused-ring (bicyclic) bond motifs is 1. The van der Waals surface area contributed by atoms with Crippen molar-refractivity contribution in [2.24, 2.45) is 0 Å². The molecule has 2 fully saturated rings. The Morgan fingerprint density at radius 2 is 1.87 bits per heavy atom. The lowest BCUT2D eigenvalue weighted by molar-refractivity contribution is 0.0790. The van der Waals surface area contributed by atoms with Crippen molar-refractivity contribution in [1.82, 2.24) is 20.2 Å². The number of benzene rings is 1. The van der Waals surface area contributed by atoms with E-state index in [1.54, 1.807) is 0 Å². The largest absolute Gasteiger partial charge is 0.373 e. The van der Waals surface area contributed by atoms with E-state index in [2.05, 4.69) is 22.8 Å². The lowest BCUT2D eigenvalue weighted by atomic mass is 9.84. The van der Waals surface area contributed by atoms with Crippen molar-refractivity contribution in [2.75, 3.05) is 32.0 Å². The zero-order valence-corrected chi connectivity index (χ0v) is 18.5. The molecule has 0 spiro atoms. The van der Waals surface area contributed by atoms with Crippen LogP contribution in [0.5, 0.6) is 0 Å². The van der Waals surface area contributed by atoms with E-state index in [0.29, 0.717) is 12.5 Å². The van der Waals surface area contributed by atoms with Crippen molar-refractivity contribution in [1.29, 1.82) is 0 Å². The summed E-state index contributed by atoms with van der Waals surface area (Å²) in [6.45, 7) is 3.22. The summed E-state index contributed by atoms with van der Waals surface area (Å²) in [7, 11) is 1.93. The summed E-state index contributed by atoms with van der Waals surface area (Å²) >= 11 is 0. The monoisotopic (exact) mass is 419 g/mol. The van der Waals surface area contributed by atoms with Gasteiger partial charge in [-0.3, -0.25) is 4.79 Å². The van der Waals surface area contributed by atoms with Crippen LogP contribution in [-0.4, -0.2) is 47.5 Å². The van der Waals surface area contributed by atoms with Gasteiger partial charge in [0.05, 0.1) is 5.69 Å². The second kappa shape index (κ2) is 8.95. The van der Waals surface area contributed by atoms with Crippen LogP contribution < -0.4 is 10.6 Å². The Morgan fingerprint density at radius 1 is 1.06 bits per heavy atom. The second-order valence-electron chi connectivity index (χ2n) is 9.23. The standard InChI is InChI=1S/C25H33N5O/c1-26-24-21-11-13-27-15-22(21)28-23(29-24)20-12-14-30(16-20)25(31)19-9-7-18(8-10-19)17-5-3-2-4-6-17/h7-10,17,20,27H,2-6,11-16H2,1H3,(H,26,28,29). The molecule has 1 unspecified atom stereocenters. The molecular weight excluding hydrogens is 386 g/mol. The predicted molar refractivity (Wildman–Crippen MR) is 123 cm³/mol. The van der Waals surface area contributed by atoms with Crippen LogP contribution in [0.25, 0.3) is 0 Å². The first-order valence-corrected chi connectivity index (χ1v) is 11.9. The third-order valence-electron chi connectivity index (χ3n) is 7.27. The fourth-order valence-electron chi connectivity index (χ4n) is 5.44. The molecule has 1 atom stereocenters. The zero-order chi connectivity index (χ0) is 21.2. The highest BCUT2D eigenvalue weighted by Crippen LogP contribution is 2.33. The molecule has 1 saturated heterocycles. The van der Waals surface area contributed by atoms with E-state index < -0.39 is 0 Å². The first-order valence-electron chi connectivity index (χ1n) is 11.9. The highest BCUT2D eigenvalue weighted by molar-refractivity contribution is 5.94. The maximum atomic E-state index is 13.1. The molecule has 3 aliphatic rings. The molecule has 1 saturated carbocycles. The van der Waals surface area contributed by atoms with Crippen LogP contribution in [0.2, 0.25) is 0 Å². The summed E-state index contributed by atoms with van der Waals surface area (Å²) in [6.07, 6.45) is 8.47. The molecular formula is C25H33N5O. The van der Waals surface area contributed by atoms with Crippen LogP contribution in [0.3, 0.4) is 0 Å². The number of anilines is 1. The molecule has 6 heteroatoms. The van der Waals surface area contributed by atoms with Gasteiger partial charge in [-0.1, -0.05) is 31.4 Å². The van der Waals surface area contributed by atoms with Crippen molar-refractivity contribution in [3.8, 4) is 0 Å². The number of aromatic nitrogens is 2. The molecule has 2 aliphatic heterocycles. The van der Waals surface area contributed by atoms with Crippen LogP contribution >= 0.6 is 0 Å². The third kappa shape index (κ3) is 4.18. The number of rotatable bonds is 4. The number of likely N-dealkylation sites (tertiary alicyclic amines) is 1. The minimum absolute atomic E-state index is 0.131. The molecule has 1 aliphatic carbocycles. The Kier molecular flexibility index (Phi) is 5.90. The van der Waals surface area contributed by atoms with Gasteiger partial charge in [0.25, 0.3) is 5.91 Å². The molecule has 31 heavy (non-hydrogen) atoms. The van der Waals surface area contributed by atoms with Gasteiger partial charge in [0.1, 0.15) is 11.6 Å². The van der Waals surface area contributed by atoms with Gasteiger partial charge < -0.3 is 15.5 Å². The molecule has 1 aromatic carbocycles. The van der Waals surface area contributed by atoms with Crippen LogP contribution in [0.1, 0.15) is 83.4 Å². The molecule has 3 heterocycles. The Hall–Kier alpha value is -2.47. The van der Waals surface area contributed by atoms with Crippen LogP contribution in [0.4, 0.5) is 5.82 Å². The minimum Gasteiger partial charge on any atom is -0.373 e. The van der Waals surface area contributed by atoms with Gasteiger partial charge >= 0.3 is 0 Å². The van der Waals surface area contributed by atoms with Crippen LogP contribution in [0.15, 0.2) is 24.3 Å². The van der Waals surface area contributed by atoms with Crippen molar-refractivity contribution >= 4 is 11.7 Å². The van der Waals surface area contributed by atoms with E-state index in [9.17, 15) is 4.79 Å². The molecule has 164 valence electrons. The summed E-state index contributed by atoms with van der Waals surface area (Å²) in [4.78, 5) is 24.8. The minimum atomic E-state index is 0.131. The van der Waals surface area contributed by atoms with Gasteiger partial charge in [-0.15, -0.1) is 0 Å². The van der Waals surface area contributed by atoms with Gasteiger partial charge in [-0.05, 0) is 55.8 Å². The van der Waals surface area contributed by atoms with Gasteiger partial charge in [0, 0.05) is 43.7 Å². The fourth-order valence-corrected chi connectivity index (χ4v) is 5.44. The maximum Gasteiger partial charge on any atom is 0.253 e. The van der Waals surface area contributed by atoms with Crippen molar-refractivity contribution in [3.63, 3.8) is 0 Å². The average molecular weight is 420 g/mol. The summed E-state index contributed by atoms with van der Waals surface area (Å²) in [5, 5.41) is 6.66. The Morgan fingerprint density at radius 3 is 2.65 bits per heavy atom. The van der Waals surface area contributed by atoms with E-state index in [4.69, 9.17) is 9.97 Å². The number of carbonyl (C=O) groups is 1. The highest BCUT2D eigenvalue weighted by Gasteiger charge is 2.31. The quantitative estimate of drug-likeness (QED) is 0.788. The zero-order valence-electron chi connectivity index (χ0n) is 18.5. The Bertz CT molecular complexity index is 918. The first-order chi connectivity index (χ1) is 15.2. The summed E-state index contributed by atoms with van der Waals surface area (Å²) in [5.74, 6) is 2.82. The molecule has 0 bridgehead atoms. The van der Waals surface area contributed by atoms with Gasteiger partial charge in [-0.25, -0.2) is 9.97 Å². The van der Waals surface area contributed by atoms with E-state index in [-0.39, 0.29) is 11.8 Å². The van der Waals surface area contributed by atoms with Crippen LogP contribution in [-0.2, 0) is 13.0 Å². The summed E-state index contributed by atoms with van der Waals surface area (Å²) in [6, 6.07) is 8.41. The SMILES string of the molecule is CNc1nc(C2CCN(C(=O)c3ccc(C4CCCCC4)cc3)C2)nc2c1CCNC2. The average Bonchev–Trinajstić information content (AvgIpc) is 3.34. The number of hydrogen-bond acceptors (Lipinski definition) is 5. The smallest absolute Gasteiger partial charge is 0.253 e. The van der Waals surface area contributed by atoms with Crippen LogP contribution in [0, 0.1) is 0 Å². The lowest BCUT2D eigenvalue weighted by Crippen LogP contribution is -2.29. The molecule has 6 nitrogen and oxygen atoms in total. The molecule has 5 rings (SSSR count). The predicted octanol–water partition coefficient (Wildman–Crippen LogP) is 3.84. The van der Waals surface area contributed by atoms with Gasteiger partial charge in [-0.2, -0.15) is 0 Å². The Labute approximate surface area is 184 Å². The third-order valence-corrected chi connectivity index (χ3v) is 7.27. The van der Waals surface area contributed by atoms with E-state index in [1.807, 2.05) is 24.1 Å². The number of amides is 1. The lowest BCUT2D eigenvalue weighted by Gasteiger charge is -2.22. The summed E-state index contributed by atoms with van der Waals surface area (Å²) in [5.41, 5.74) is 4.52. The molecule has 2 N–H and O–H groups in total. The fraction of sp³-hybridized carbons (Fsp3) is 0.560. The topological polar surface area (TPSA) is 70.2 Å². The maximum absolute atomic E-state index is 13.1.